The number of piperidine rings is 2. The highest BCUT2D eigenvalue weighted by Crippen LogP contribution is 2.40. The van der Waals surface area contributed by atoms with E-state index in [9.17, 15) is 35.5 Å². The van der Waals surface area contributed by atoms with Crippen molar-refractivity contribution in [2.45, 2.75) is 74.7 Å². The summed E-state index contributed by atoms with van der Waals surface area (Å²) in [6, 6.07) is 3.75. The first-order valence-corrected chi connectivity index (χ1v) is 17.9. The molecule has 3 aliphatic rings. The number of aliphatic hydroxyl groups is 1. The van der Waals surface area contributed by atoms with Crippen LogP contribution >= 0.6 is 11.8 Å². The molecule has 2 fully saturated rings. The van der Waals surface area contributed by atoms with Gasteiger partial charge in [0.1, 0.15) is 0 Å². The third-order valence-electron chi connectivity index (χ3n) is 8.57. The number of likely N-dealkylation sites (tertiary alicyclic amines) is 2. The summed E-state index contributed by atoms with van der Waals surface area (Å²) in [6.07, 6.45) is -0.387. The zero-order valence-corrected chi connectivity index (χ0v) is 26.5. The number of β-amino-alcohol motifs (C(OH)–C–C–N with tert-alkyl or cyclic N) is 1. The van der Waals surface area contributed by atoms with E-state index in [2.05, 4.69) is 4.90 Å². The van der Waals surface area contributed by atoms with E-state index in [1.165, 1.54) is 22.9 Å². The molecular formula is C29H40F5N5O3S2. The SMILES string of the molecule is CS(=O)(=O)N1CCc2c(c(-c3ccc(C(F)(F)F)c(SCCN4CCCC(F)(F)C4)c3)nn2C[C@@H](O)CN2CCCCC2)C1. The summed E-state index contributed by atoms with van der Waals surface area (Å²) in [4.78, 5) is 3.75. The number of nitrogens with zero attached hydrogens (tertiary/aromatic N) is 5. The molecule has 0 bridgehead atoms. The van der Waals surface area contributed by atoms with Crippen molar-refractivity contribution in [3.05, 3.63) is 35.0 Å². The van der Waals surface area contributed by atoms with E-state index in [0.717, 1.165) is 55.7 Å². The quantitative estimate of drug-likeness (QED) is 0.295. The Morgan fingerprint density at radius 3 is 2.45 bits per heavy atom. The van der Waals surface area contributed by atoms with Gasteiger partial charge in [0.05, 0.1) is 36.7 Å². The number of hydrogen-bond acceptors (Lipinski definition) is 7. The highest BCUT2D eigenvalue weighted by Gasteiger charge is 2.37. The van der Waals surface area contributed by atoms with Crippen LogP contribution in [0.5, 0.6) is 0 Å². The van der Waals surface area contributed by atoms with E-state index in [0.29, 0.717) is 42.8 Å². The number of alkyl halides is 5. The van der Waals surface area contributed by atoms with Crippen molar-refractivity contribution >= 4 is 21.8 Å². The van der Waals surface area contributed by atoms with Gasteiger partial charge in [-0.1, -0.05) is 12.5 Å². The number of hydrogen-bond donors (Lipinski definition) is 1. The molecule has 0 aliphatic carbocycles. The van der Waals surface area contributed by atoms with Gasteiger partial charge in [-0.3, -0.25) is 9.58 Å². The first-order chi connectivity index (χ1) is 20.7. The second-order valence-corrected chi connectivity index (χ2v) is 15.2. The largest absolute Gasteiger partial charge is 0.417 e. The van der Waals surface area contributed by atoms with E-state index in [1.54, 1.807) is 9.58 Å². The lowest BCUT2D eigenvalue weighted by molar-refractivity contribution is -0.139. The normalized spacial score (nSPS) is 21.3. The molecule has 44 heavy (non-hydrogen) atoms. The van der Waals surface area contributed by atoms with Gasteiger partial charge in [0, 0.05) is 66.5 Å². The molecule has 0 amide bonds. The van der Waals surface area contributed by atoms with Crippen LogP contribution in [0.15, 0.2) is 23.1 Å². The maximum absolute atomic E-state index is 14.0. The number of fused-ring (bicyclic) bond motifs is 1. The Labute approximate surface area is 259 Å². The van der Waals surface area contributed by atoms with Crippen molar-refractivity contribution in [3.8, 4) is 11.3 Å². The van der Waals surface area contributed by atoms with Crippen LogP contribution in [-0.4, -0.2) is 107 Å². The lowest BCUT2D eigenvalue weighted by atomic mass is 10.0. The fourth-order valence-corrected chi connectivity index (χ4v) is 8.28. The number of sulfonamides is 1. The van der Waals surface area contributed by atoms with Gasteiger partial charge in [0.2, 0.25) is 10.0 Å². The molecule has 2 aromatic rings. The Morgan fingerprint density at radius 1 is 1.05 bits per heavy atom. The Balaban J connectivity index is 1.42. The molecule has 1 aromatic carbocycles. The summed E-state index contributed by atoms with van der Waals surface area (Å²) in [7, 11) is -3.54. The lowest BCUT2D eigenvalue weighted by Crippen LogP contribution is -2.43. The summed E-state index contributed by atoms with van der Waals surface area (Å²) in [5.41, 5.74) is 1.33. The minimum absolute atomic E-state index is 0.0262. The third kappa shape index (κ3) is 8.32. The Bertz CT molecular complexity index is 1410. The predicted octanol–water partition coefficient (Wildman–Crippen LogP) is 4.56. The topological polar surface area (TPSA) is 81.9 Å². The average molecular weight is 666 g/mol. The molecule has 0 unspecified atom stereocenters. The molecule has 0 spiro atoms. The van der Waals surface area contributed by atoms with Crippen molar-refractivity contribution in [1.82, 2.24) is 23.9 Å². The molecule has 1 aromatic heterocycles. The van der Waals surface area contributed by atoms with E-state index in [4.69, 9.17) is 5.10 Å². The third-order valence-corrected chi connectivity index (χ3v) is 10.9. The molecular weight excluding hydrogens is 625 g/mol. The zero-order chi connectivity index (χ0) is 31.7. The maximum Gasteiger partial charge on any atom is 0.417 e. The van der Waals surface area contributed by atoms with Crippen LogP contribution in [0.25, 0.3) is 11.3 Å². The van der Waals surface area contributed by atoms with Crippen LogP contribution in [-0.2, 0) is 35.7 Å². The summed E-state index contributed by atoms with van der Waals surface area (Å²) in [5, 5.41) is 15.7. The van der Waals surface area contributed by atoms with E-state index in [-0.39, 0.29) is 43.2 Å². The second kappa shape index (κ2) is 13.5. The number of thioether (sulfide) groups is 1. The van der Waals surface area contributed by atoms with Gasteiger partial charge in [-0.2, -0.15) is 22.6 Å². The summed E-state index contributed by atoms with van der Waals surface area (Å²) < 4.78 is 97.6. The smallest absolute Gasteiger partial charge is 0.390 e. The summed E-state index contributed by atoms with van der Waals surface area (Å²) in [5.74, 6) is -2.60. The molecule has 1 atom stereocenters. The fraction of sp³-hybridized carbons (Fsp3) is 0.690. The monoisotopic (exact) mass is 665 g/mol. The Hall–Kier alpha value is -1.78. The second-order valence-electron chi connectivity index (χ2n) is 12.1. The van der Waals surface area contributed by atoms with Crippen LogP contribution in [0, 0.1) is 0 Å². The Kier molecular flexibility index (Phi) is 10.3. The molecule has 246 valence electrons. The standard InChI is InChI=1S/C29H40F5N5O3S2/c1-44(41,42)38-13-8-25-23(19-38)27(35-39(25)18-22(40)17-36-10-3-2-4-11-36)21-6-7-24(29(32,33)34)26(16-21)43-15-14-37-12-5-9-28(30,31)20-37/h6-7,16,22,40H,2-5,8-15,17-20H2,1H3/t22-/m0/s1. The minimum Gasteiger partial charge on any atom is -0.390 e. The van der Waals surface area contributed by atoms with Crippen LogP contribution in [0.3, 0.4) is 0 Å². The number of aromatic nitrogens is 2. The summed E-state index contributed by atoms with van der Waals surface area (Å²) >= 11 is 0.963. The van der Waals surface area contributed by atoms with Crippen molar-refractivity contribution < 1.29 is 35.5 Å². The number of aliphatic hydroxyl groups excluding tert-OH is 1. The van der Waals surface area contributed by atoms with Crippen LogP contribution in [0.2, 0.25) is 0 Å². The Morgan fingerprint density at radius 2 is 1.77 bits per heavy atom. The van der Waals surface area contributed by atoms with E-state index >= 15 is 0 Å². The first-order valence-electron chi connectivity index (χ1n) is 15.1. The van der Waals surface area contributed by atoms with Gasteiger partial charge >= 0.3 is 6.18 Å². The predicted molar refractivity (Wildman–Crippen MR) is 159 cm³/mol. The van der Waals surface area contributed by atoms with E-state index in [1.807, 2.05) is 0 Å². The van der Waals surface area contributed by atoms with Gasteiger partial charge in [-0.25, -0.2) is 17.2 Å². The fourth-order valence-electron chi connectivity index (χ4n) is 6.37. The van der Waals surface area contributed by atoms with Gasteiger partial charge in [0.25, 0.3) is 5.92 Å². The molecule has 15 heteroatoms. The summed E-state index contributed by atoms with van der Waals surface area (Å²) in [6.45, 7) is 3.05. The molecule has 1 N–H and O–H groups in total. The van der Waals surface area contributed by atoms with E-state index < -0.39 is 40.3 Å². The van der Waals surface area contributed by atoms with Gasteiger partial charge in [0.15, 0.2) is 0 Å². The van der Waals surface area contributed by atoms with Crippen LogP contribution in [0.1, 0.15) is 48.9 Å². The van der Waals surface area contributed by atoms with Crippen molar-refractivity contribution in [2.24, 2.45) is 0 Å². The average Bonchev–Trinajstić information content (AvgIpc) is 3.29. The highest BCUT2D eigenvalue weighted by atomic mass is 32.2. The van der Waals surface area contributed by atoms with Crippen LogP contribution < -0.4 is 0 Å². The van der Waals surface area contributed by atoms with Crippen molar-refractivity contribution in [3.63, 3.8) is 0 Å². The van der Waals surface area contributed by atoms with Gasteiger partial charge in [-0.05, 0) is 51.0 Å². The van der Waals surface area contributed by atoms with Crippen molar-refractivity contribution in [2.75, 3.05) is 57.8 Å². The van der Waals surface area contributed by atoms with Crippen molar-refractivity contribution in [1.29, 1.82) is 0 Å². The minimum atomic E-state index is -4.62. The molecule has 0 saturated carbocycles. The number of halogens is 5. The highest BCUT2D eigenvalue weighted by molar-refractivity contribution is 7.99. The zero-order valence-electron chi connectivity index (χ0n) is 24.8. The number of rotatable bonds is 10. The number of benzene rings is 1. The van der Waals surface area contributed by atoms with Gasteiger partial charge in [-0.15, -0.1) is 11.8 Å². The molecule has 3 aliphatic heterocycles. The molecule has 0 radical (unpaired) electrons. The molecule has 2 saturated heterocycles. The molecule has 5 rings (SSSR count). The van der Waals surface area contributed by atoms with Crippen LogP contribution in [0.4, 0.5) is 22.0 Å². The van der Waals surface area contributed by atoms with Gasteiger partial charge < -0.3 is 10.0 Å². The maximum atomic E-state index is 14.0. The lowest BCUT2D eigenvalue weighted by Gasteiger charge is -2.32. The molecule has 8 nitrogen and oxygen atoms in total. The molecule has 4 heterocycles. The first kappa shape index (κ1) is 33.6.